The van der Waals surface area contributed by atoms with Crippen LogP contribution in [0.2, 0.25) is 0 Å². The summed E-state index contributed by atoms with van der Waals surface area (Å²) in [6.07, 6.45) is 0. The maximum Gasteiger partial charge on any atom is 0.160 e. The summed E-state index contributed by atoms with van der Waals surface area (Å²) < 4.78 is 9.42. The van der Waals surface area contributed by atoms with Crippen molar-refractivity contribution in [3.8, 4) is 62.2 Å². The molecule has 0 saturated carbocycles. The summed E-state index contributed by atoms with van der Waals surface area (Å²) in [7, 11) is 0. The fraction of sp³-hybridized carbons (Fsp3) is 0.0175. The van der Waals surface area contributed by atoms with Crippen molar-refractivity contribution in [2.24, 2.45) is 0 Å². The van der Waals surface area contributed by atoms with Crippen molar-refractivity contribution in [1.82, 2.24) is 14.5 Å². The van der Waals surface area contributed by atoms with Gasteiger partial charge in [-0.15, -0.1) is 0 Å². The summed E-state index contributed by atoms with van der Waals surface area (Å²) in [6, 6.07) is 75.9. The van der Waals surface area contributed by atoms with Crippen LogP contribution in [0.3, 0.4) is 0 Å². The van der Waals surface area contributed by atoms with Gasteiger partial charge in [-0.2, -0.15) is 0 Å². The minimum atomic E-state index is -0.571. The van der Waals surface area contributed by atoms with Gasteiger partial charge in [-0.25, -0.2) is 9.97 Å². The lowest BCUT2D eigenvalue weighted by Crippen LogP contribution is -2.32. The Morgan fingerprint density at radius 1 is 0.361 bits per heavy atom. The Kier molecular flexibility index (Phi) is 7.19. The van der Waals surface area contributed by atoms with E-state index in [1.807, 2.05) is 24.3 Å². The van der Waals surface area contributed by atoms with Crippen LogP contribution in [0, 0.1) is 0 Å². The Morgan fingerprint density at radius 2 is 0.951 bits per heavy atom. The first-order valence-corrected chi connectivity index (χ1v) is 20.8. The molecule has 2 aromatic heterocycles. The molecule has 1 aliphatic heterocycles. The smallest absolute Gasteiger partial charge is 0.160 e. The van der Waals surface area contributed by atoms with E-state index in [0.717, 1.165) is 83.6 Å². The number of hydrogen-bond acceptors (Lipinski definition) is 3. The summed E-state index contributed by atoms with van der Waals surface area (Å²) in [4.78, 5) is 10.3. The van der Waals surface area contributed by atoms with Gasteiger partial charge in [0.05, 0.1) is 33.5 Å². The third-order valence-corrected chi connectivity index (χ3v) is 12.9. The number of rotatable bonds is 4. The monoisotopic (exact) mass is 777 g/mol. The first-order chi connectivity index (χ1) is 30.3. The summed E-state index contributed by atoms with van der Waals surface area (Å²) in [5, 5.41) is 4.57. The molecule has 11 aromatic rings. The zero-order valence-corrected chi connectivity index (χ0v) is 33.0. The number of hydrogen-bond donors (Lipinski definition) is 0. The second-order valence-corrected chi connectivity index (χ2v) is 16.0. The molecule has 3 heterocycles. The second-order valence-electron chi connectivity index (χ2n) is 16.0. The van der Waals surface area contributed by atoms with Crippen molar-refractivity contribution in [2.45, 2.75) is 5.41 Å². The van der Waals surface area contributed by atoms with Gasteiger partial charge in [0.15, 0.2) is 5.82 Å². The van der Waals surface area contributed by atoms with Crippen LogP contribution in [0.15, 0.2) is 212 Å². The van der Waals surface area contributed by atoms with Crippen LogP contribution < -0.4 is 4.74 Å². The molecule has 13 rings (SSSR count). The second kappa shape index (κ2) is 13.0. The van der Waals surface area contributed by atoms with Crippen molar-refractivity contribution in [3.05, 3.63) is 235 Å². The Bertz CT molecular complexity index is 3470. The molecular formula is C57H35N3O. The molecule has 4 heteroatoms. The highest BCUT2D eigenvalue weighted by atomic mass is 16.5. The molecule has 0 unspecified atom stereocenters. The third-order valence-electron chi connectivity index (χ3n) is 12.9. The third kappa shape index (κ3) is 4.82. The molecule has 0 N–H and O–H groups in total. The number of para-hydroxylation sites is 2. The number of ether oxygens (including phenoxy) is 1. The average Bonchev–Trinajstić information content (AvgIpc) is 3.81. The average molecular weight is 778 g/mol. The molecule has 9 aromatic carbocycles. The number of benzene rings is 9. The fourth-order valence-corrected chi connectivity index (χ4v) is 10.3. The minimum absolute atomic E-state index is 0.571. The van der Waals surface area contributed by atoms with Crippen LogP contribution in [0.4, 0.5) is 0 Å². The van der Waals surface area contributed by atoms with Crippen molar-refractivity contribution in [2.75, 3.05) is 0 Å². The summed E-state index contributed by atoms with van der Waals surface area (Å²) >= 11 is 0. The standard InChI is InChI=1S/C57H35N3O/c1-3-17-36(18-4-1)49-35-50(59-56(58-49)37-19-5-2-6-20-37)41-31-32-52(42-24-8-7-21-38(41)42)60-51-29-15-11-25-43(51)44-33-55-48(34-53(44)60)57(47-28-14-16-30-54(47)61-55)45-26-12-9-22-39(45)40-23-10-13-27-46(40)57/h1-35H. The molecule has 61 heavy (non-hydrogen) atoms. The topological polar surface area (TPSA) is 39.9 Å². The van der Waals surface area contributed by atoms with E-state index in [2.05, 4.69) is 193 Å². The van der Waals surface area contributed by atoms with Gasteiger partial charge in [-0.3, -0.25) is 0 Å². The van der Waals surface area contributed by atoms with E-state index in [1.54, 1.807) is 0 Å². The van der Waals surface area contributed by atoms with Crippen LogP contribution >= 0.6 is 0 Å². The Labute approximate surface area is 352 Å². The zero-order chi connectivity index (χ0) is 40.1. The van der Waals surface area contributed by atoms with E-state index >= 15 is 0 Å². The largest absolute Gasteiger partial charge is 0.457 e. The molecule has 1 aliphatic carbocycles. The first-order valence-electron chi connectivity index (χ1n) is 20.8. The lowest BCUT2D eigenvalue weighted by molar-refractivity contribution is 0.437. The van der Waals surface area contributed by atoms with Crippen molar-refractivity contribution in [3.63, 3.8) is 0 Å². The predicted octanol–water partition coefficient (Wildman–Crippen LogP) is 14.2. The SMILES string of the molecule is c1ccc(-c2cc(-c3ccc(-n4c5ccccc5c5cc6c(cc54)C4(c5ccccc5O6)c5ccccc5-c5ccccc54)c4ccccc34)nc(-c3ccccc3)n2)cc1. The highest BCUT2D eigenvalue weighted by molar-refractivity contribution is 6.12. The van der Waals surface area contributed by atoms with Crippen LogP contribution in [0.25, 0.3) is 83.3 Å². The van der Waals surface area contributed by atoms with Crippen LogP contribution in [-0.4, -0.2) is 14.5 Å². The minimum Gasteiger partial charge on any atom is -0.457 e. The van der Waals surface area contributed by atoms with E-state index in [4.69, 9.17) is 14.7 Å². The molecule has 284 valence electrons. The summed E-state index contributed by atoms with van der Waals surface area (Å²) in [5.74, 6) is 2.47. The van der Waals surface area contributed by atoms with Gasteiger partial charge in [0.1, 0.15) is 11.5 Å². The molecular weight excluding hydrogens is 743 g/mol. The number of aromatic nitrogens is 3. The van der Waals surface area contributed by atoms with Gasteiger partial charge in [0.2, 0.25) is 0 Å². The van der Waals surface area contributed by atoms with Gasteiger partial charge in [-0.1, -0.05) is 176 Å². The fourth-order valence-electron chi connectivity index (χ4n) is 10.3. The molecule has 0 saturated heterocycles. The molecule has 0 bridgehead atoms. The van der Waals surface area contributed by atoms with E-state index < -0.39 is 5.41 Å². The van der Waals surface area contributed by atoms with Gasteiger partial charge in [-0.05, 0) is 64.0 Å². The normalized spacial score (nSPS) is 13.2. The van der Waals surface area contributed by atoms with Crippen LogP contribution in [-0.2, 0) is 5.41 Å². The maximum absolute atomic E-state index is 6.96. The van der Waals surface area contributed by atoms with E-state index in [9.17, 15) is 0 Å². The highest BCUT2D eigenvalue weighted by Crippen LogP contribution is 2.62. The van der Waals surface area contributed by atoms with Crippen LogP contribution in [0.5, 0.6) is 11.5 Å². The van der Waals surface area contributed by atoms with Crippen LogP contribution in [0.1, 0.15) is 22.3 Å². The number of nitrogens with zero attached hydrogens (tertiary/aromatic N) is 3. The van der Waals surface area contributed by atoms with Gasteiger partial charge < -0.3 is 9.30 Å². The molecule has 1 spiro atoms. The van der Waals surface area contributed by atoms with Gasteiger partial charge >= 0.3 is 0 Å². The predicted molar refractivity (Wildman–Crippen MR) is 248 cm³/mol. The maximum atomic E-state index is 6.96. The Hall–Kier alpha value is -8.08. The molecule has 4 nitrogen and oxygen atoms in total. The summed E-state index contributed by atoms with van der Waals surface area (Å²) in [5.41, 5.74) is 15.0. The molecule has 2 aliphatic rings. The number of fused-ring (bicyclic) bond motifs is 13. The summed E-state index contributed by atoms with van der Waals surface area (Å²) in [6.45, 7) is 0. The zero-order valence-electron chi connectivity index (χ0n) is 33.0. The van der Waals surface area contributed by atoms with E-state index in [0.29, 0.717) is 5.82 Å². The van der Waals surface area contributed by atoms with E-state index in [-0.39, 0.29) is 0 Å². The van der Waals surface area contributed by atoms with Gasteiger partial charge in [0.25, 0.3) is 0 Å². The van der Waals surface area contributed by atoms with Crippen molar-refractivity contribution >= 4 is 32.6 Å². The van der Waals surface area contributed by atoms with Crippen molar-refractivity contribution in [1.29, 1.82) is 0 Å². The lowest BCUT2D eigenvalue weighted by Gasteiger charge is -2.39. The van der Waals surface area contributed by atoms with Crippen molar-refractivity contribution < 1.29 is 4.74 Å². The quantitative estimate of drug-likeness (QED) is 0.179. The Morgan fingerprint density at radius 3 is 1.70 bits per heavy atom. The lowest BCUT2D eigenvalue weighted by atomic mass is 9.66. The first kappa shape index (κ1) is 33.8. The molecule has 0 fully saturated rings. The molecule has 0 radical (unpaired) electrons. The molecule has 0 atom stereocenters. The highest BCUT2D eigenvalue weighted by Gasteiger charge is 2.51. The Balaban J connectivity index is 1.08. The van der Waals surface area contributed by atoms with Gasteiger partial charge in [0, 0.05) is 44.0 Å². The molecule has 0 amide bonds. The van der Waals surface area contributed by atoms with E-state index in [1.165, 1.54) is 27.6 Å².